The molecular formula is C24H26FNO4. The number of benzene rings is 2. The van der Waals surface area contributed by atoms with Crippen LogP contribution in [0.15, 0.2) is 42.5 Å². The number of nitriles is 1. The monoisotopic (exact) mass is 411 g/mol. The van der Waals surface area contributed by atoms with Gasteiger partial charge in [0.25, 0.3) is 0 Å². The van der Waals surface area contributed by atoms with Crippen LogP contribution in [0.2, 0.25) is 0 Å². The standard InChI is InChI=1S/C24H26FNO4/c1-2-13-28-20-8-3-17(4-9-20)16-29-21-10-5-18(6-11-21)24(27)30-22-12-7-19(15-26)23(25)14-22/h5-7,10-12,14,17,20H,2-4,8-9,13,16H2,1H3. The van der Waals surface area contributed by atoms with E-state index in [4.69, 9.17) is 19.5 Å². The third-order valence-electron chi connectivity index (χ3n) is 5.20. The molecule has 158 valence electrons. The fourth-order valence-electron chi connectivity index (χ4n) is 3.47. The summed E-state index contributed by atoms with van der Waals surface area (Å²) in [5.41, 5.74) is 0.235. The molecule has 0 aliphatic heterocycles. The van der Waals surface area contributed by atoms with E-state index < -0.39 is 11.8 Å². The van der Waals surface area contributed by atoms with Gasteiger partial charge < -0.3 is 14.2 Å². The van der Waals surface area contributed by atoms with Crippen LogP contribution in [-0.4, -0.2) is 25.3 Å². The molecule has 1 aliphatic rings. The maximum Gasteiger partial charge on any atom is 0.343 e. The Bertz CT molecular complexity index is 883. The van der Waals surface area contributed by atoms with E-state index in [0.717, 1.165) is 44.8 Å². The van der Waals surface area contributed by atoms with Crippen LogP contribution in [0.4, 0.5) is 4.39 Å². The molecule has 1 aliphatic carbocycles. The lowest BCUT2D eigenvalue weighted by Gasteiger charge is -2.28. The number of rotatable bonds is 8. The van der Waals surface area contributed by atoms with Crippen molar-refractivity contribution in [2.75, 3.05) is 13.2 Å². The van der Waals surface area contributed by atoms with E-state index in [9.17, 15) is 9.18 Å². The maximum absolute atomic E-state index is 13.6. The first-order valence-electron chi connectivity index (χ1n) is 10.3. The first-order chi connectivity index (χ1) is 14.6. The Morgan fingerprint density at radius 2 is 1.80 bits per heavy atom. The Morgan fingerprint density at radius 1 is 1.10 bits per heavy atom. The molecule has 2 aromatic carbocycles. The minimum Gasteiger partial charge on any atom is -0.493 e. The van der Waals surface area contributed by atoms with E-state index in [1.807, 2.05) is 0 Å². The van der Waals surface area contributed by atoms with Crippen molar-refractivity contribution in [3.05, 3.63) is 59.4 Å². The van der Waals surface area contributed by atoms with Crippen molar-refractivity contribution < 1.29 is 23.4 Å². The van der Waals surface area contributed by atoms with Crippen LogP contribution in [-0.2, 0) is 4.74 Å². The SMILES string of the molecule is CCCOC1CCC(COc2ccc(C(=O)Oc3ccc(C#N)c(F)c3)cc2)CC1. The Kier molecular flexibility index (Phi) is 7.81. The number of nitrogens with zero attached hydrogens (tertiary/aromatic N) is 1. The van der Waals surface area contributed by atoms with Gasteiger partial charge >= 0.3 is 5.97 Å². The van der Waals surface area contributed by atoms with Gasteiger partial charge in [-0.15, -0.1) is 0 Å². The third-order valence-corrected chi connectivity index (χ3v) is 5.20. The normalized spacial score (nSPS) is 18.4. The average Bonchev–Trinajstić information content (AvgIpc) is 2.77. The second kappa shape index (κ2) is 10.7. The van der Waals surface area contributed by atoms with E-state index in [2.05, 4.69) is 6.92 Å². The van der Waals surface area contributed by atoms with Gasteiger partial charge in [0.05, 0.1) is 23.8 Å². The summed E-state index contributed by atoms with van der Waals surface area (Å²) in [5.74, 6) is -0.0633. The summed E-state index contributed by atoms with van der Waals surface area (Å²) in [5, 5.41) is 8.75. The summed E-state index contributed by atoms with van der Waals surface area (Å²) < 4.78 is 30.5. The van der Waals surface area contributed by atoms with E-state index in [1.165, 1.54) is 12.1 Å². The molecule has 30 heavy (non-hydrogen) atoms. The third kappa shape index (κ3) is 6.04. The van der Waals surface area contributed by atoms with Gasteiger partial charge in [0, 0.05) is 12.7 Å². The predicted molar refractivity (Wildman–Crippen MR) is 110 cm³/mol. The smallest absolute Gasteiger partial charge is 0.343 e. The molecule has 0 spiro atoms. The minimum atomic E-state index is -0.725. The van der Waals surface area contributed by atoms with Crippen molar-refractivity contribution in [1.29, 1.82) is 5.26 Å². The lowest BCUT2D eigenvalue weighted by molar-refractivity contribution is 0.0132. The molecule has 0 bridgehead atoms. The largest absolute Gasteiger partial charge is 0.493 e. The van der Waals surface area contributed by atoms with Gasteiger partial charge in [0.1, 0.15) is 23.4 Å². The molecule has 0 radical (unpaired) electrons. The van der Waals surface area contributed by atoms with Crippen LogP contribution in [0.5, 0.6) is 11.5 Å². The van der Waals surface area contributed by atoms with E-state index in [-0.39, 0.29) is 11.3 Å². The Labute approximate surface area is 176 Å². The predicted octanol–water partition coefficient (Wildman–Crippen LogP) is 5.28. The molecule has 6 heteroatoms. The van der Waals surface area contributed by atoms with E-state index >= 15 is 0 Å². The molecule has 1 fully saturated rings. The molecule has 0 saturated heterocycles. The van der Waals surface area contributed by atoms with Crippen molar-refractivity contribution in [2.45, 2.75) is 45.1 Å². The summed E-state index contributed by atoms with van der Waals surface area (Å²) in [6.07, 6.45) is 5.79. The first-order valence-corrected chi connectivity index (χ1v) is 10.3. The average molecular weight is 411 g/mol. The molecule has 0 unspecified atom stereocenters. The van der Waals surface area contributed by atoms with E-state index in [1.54, 1.807) is 30.3 Å². The zero-order valence-corrected chi connectivity index (χ0v) is 17.1. The van der Waals surface area contributed by atoms with Crippen LogP contribution in [0.25, 0.3) is 0 Å². The van der Waals surface area contributed by atoms with Crippen molar-refractivity contribution in [2.24, 2.45) is 5.92 Å². The van der Waals surface area contributed by atoms with Gasteiger partial charge in [0.15, 0.2) is 0 Å². The van der Waals surface area contributed by atoms with Gasteiger partial charge in [-0.05, 0) is 74.4 Å². The topological polar surface area (TPSA) is 68.6 Å². The molecule has 0 aromatic heterocycles. The van der Waals surface area contributed by atoms with Crippen LogP contribution < -0.4 is 9.47 Å². The summed E-state index contributed by atoms with van der Waals surface area (Å²) in [6.45, 7) is 3.60. The van der Waals surface area contributed by atoms with Gasteiger partial charge in [0.2, 0.25) is 0 Å². The van der Waals surface area contributed by atoms with Crippen LogP contribution in [0.3, 0.4) is 0 Å². The summed E-state index contributed by atoms with van der Waals surface area (Å²) >= 11 is 0. The van der Waals surface area contributed by atoms with Gasteiger partial charge in [-0.25, -0.2) is 9.18 Å². The molecule has 2 aromatic rings. The van der Waals surface area contributed by atoms with Crippen LogP contribution >= 0.6 is 0 Å². The number of esters is 1. The number of carbonyl (C=O) groups is 1. The highest BCUT2D eigenvalue weighted by Gasteiger charge is 2.22. The molecule has 0 N–H and O–H groups in total. The minimum absolute atomic E-state index is 0.0512. The maximum atomic E-state index is 13.6. The Morgan fingerprint density at radius 3 is 2.43 bits per heavy atom. The molecule has 1 saturated carbocycles. The summed E-state index contributed by atoms with van der Waals surface area (Å²) in [4.78, 5) is 12.2. The van der Waals surface area contributed by atoms with Crippen molar-refractivity contribution in [1.82, 2.24) is 0 Å². The molecule has 0 heterocycles. The van der Waals surface area contributed by atoms with Gasteiger partial charge in [-0.3, -0.25) is 0 Å². The second-order valence-electron chi connectivity index (χ2n) is 7.49. The van der Waals surface area contributed by atoms with Crippen molar-refractivity contribution in [3.63, 3.8) is 0 Å². The lowest BCUT2D eigenvalue weighted by Crippen LogP contribution is -2.25. The van der Waals surface area contributed by atoms with Crippen molar-refractivity contribution in [3.8, 4) is 17.6 Å². The highest BCUT2D eigenvalue weighted by Crippen LogP contribution is 2.27. The van der Waals surface area contributed by atoms with Crippen LogP contribution in [0, 0.1) is 23.1 Å². The van der Waals surface area contributed by atoms with Gasteiger partial charge in [-0.1, -0.05) is 6.92 Å². The molecule has 5 nitrogen and oxygen atoms in total. The van der Waals surface area contributed by atoms with E-state index in [0.29, 0.717) is 29.9 Å². The highest BCUT2D eigenvalue weighted by atomic mass is 19.1. The number of hydrogen-bond donors (Lipinski definition) is 0. The number of halogens is 1. The molecule has 0 amide bonds. The molecular weight excluding hydrogens is 385 g/mol. The Hall–Kier alpha value is -2.91. The number of hydrogen-bond acceptors (Lipinski definition) is 5. The fourth-order valence-corrected chi connectivity index (χ4v) is 3.47. The quantitative estimate of drug-likeness (QED) is 0.437. The first kappa shape index (κ1) is 21.8. The van der Waals surface area contributed by atoms with Gasteiger partial charge in [-0.2, -0.15) is 5.26 Å². The summed E-state index contributed by atoms with van der Waals surface area (Å²) in [7, 11) is 0. The fraction of sp³-hybridized carbons (Fsp3) is 0.417. The Balaban J connectivity index is 1.46. The lowest BCUT2D eigenvalue weighted by atomic mass is 9.88. The highest BCUT2D eigenvalue weighted by molar-refractivity contribution is 5.91. The van der Waals surface area contributed by atoms with Crippen LogP contribution in [0.1, 0.15) is 54.9 Å². The summed E-state index contributed by atoms with van der Waals surface area (Å²) in [6, 6.07) is 12.1. The zero-order chi connectivity index (χ0) is 21.3. The van der Waals surface area contributed by atoms with Crippen molar-refractivity contribution >= 4 is 5.97 Å². The molecule has 3 rings (SSSR count). The zero-order valence-electron chi connectivity index (χ0n) is 17.1. The number of ether oxygens (including phenoxy) is 3. The second-order valence-corrected chi connectivity index (χ2v) is 7.49. The number of carbonyl (C=O) groups excluding carboxylic acids is 1. The molecule has 0 atom stereocenters.